The Morgan fingerprint density at radius 2 is 1.80 bits per heavy atom. The number of hydrogen-bond donors (Lipinski definition) is 0. The smallest absolute Gasteiger partial charge is 0.153 e. The highest BCUT2D eigenvalue weighted by molar-refractivity contribution is 5.91. The molecule has 102 valence electrons. The molecule has 5 heteroatoms. The highest BCUT2D eigenvalue weighted by Gasteiger charge is 2.11. The van der Waals surface area contributed by atoms with E-state index in [1.807, 2.05) is 12.1 Å². The lowest BCUT2D eigenvalue weighted by atomic mass is 10.0. The van der Waals surface area contributed by atoms with Crippen molar-refractivity contribution in [3.05, 3.63) is 54.7 Å². The second-order valence-electron chi connectivity index (χ2n) is 4.11. The summed E-state index contributed by atoms with van der Waals surface area (Å²) in [4.78, 5) is 8.23. The maximum Gasteiger partial charge on any atom is 0.153 e. The third kappa shape index (κ3) is 2.42. The van der Waals surface area contributed by atoms with E-state index in [-0.39, 0.29) is 18.2 Å². The fourth-order valence-electron chi connectivity index (χ4n) is 2.09. The quantitative estimate of drug-likeness (QED) is 0.719. The Balaban J connectivity index is 0.00000147. The number of halogens is 2. The highest BCUT2D eigenvalue weighted by Crippen LogP contribution is 2.35. The van der Waals surface area contributed by atoms with E-state index in [0.29, 0.717) is 5.75 Å². The van der Waals surface area contributed by atoms with Gasteiger partial charge in [-0.1, -0.05) is 18.2 Å². The Bertz CT molecular complexity index is 732. The lowest BCUT2D eigenvalue weighted by molar-refractivity contribution is 0.420. The van der Waals surface area contributed by atoms with Gasteiger partial charge in [-0.3, -0.25) is 0 Å². The molecule has 1 aromatic heterocycles. The standard InChI is InChI=1S/C15H11FN2O.ClH/c1-19-15-13(10-2-5-12(16)6-3-10)7-4-11-8-17-9-18-14(11)15;/h2-9H,1H3;1H. The van der Waals surface area contributed by atoms with E-state index in [0.717, 1.165) is 22.0 Å². The zero-order valence-corrected chi connectivity index (χ0v) is 11.5. The molecule has 3 nitrogen and oxygen atoms in total. The number of ether oxygens (including phenoxy) is 1. The molecule has 0 bridgehead atoms. The maximum absolute atomic E-state index is 13.0. The number of hydrogen-bond acceptors (Lipinski definition) is 3. The number of benzene rings is 2. The molecule has 20 heavy (non-hydrogen) atoms. The molecule has 0 N–H and O–H groups in total. The van der Waals surface area contributed by atoms with Crippen molar-refractivity contribution in [3.8, 4) is 16.9 Å². The third-order valence-electron chi connectivity index (χ3n) is 2.99. The predicted octanol–water partition coefficient (Wildman–Crippen LogP) is 3.87. The molecule has 0 radical (unpaired) electrons. The van der Waals surface area contributed by atoms with Crippen molar-refractivity contribution in [2.24, 2.45) is 0 Å². The van der Waals surface area contributed by atoms with Crippen LogP contribution >= 0.6 is 12.4 Å². The Morgan fingerprint density at radius 1 is 1.05 bits per heavy atom. The molecule has 0 unspecified atom stereocenters. The van der Waals surface area contributed by atoms with Crippen molar-refractivity contribution in [3.63, 3.8) is 0 Å². The molecule has 0 spiro atoms. The van der Waals surface area contributed by atoms with Crippen LogP contribution in [0.4, 0.5) is 4.39 Å². The number of methoxy groups -OCH3 is 1. The van der Waals surface area contributed by atoms with Crippen molar-refractivity contribution in [1.82, 2.24) is 9.97 Å². The normalized spacial score (nSPS) is 10.1. The van der Waals surface area contributed by atoms with Gasteiger partial charge in [-0.2, -0.15) is 0 Å². The molecule has 2 aromatic carbocycles. The van der Waals surface area contributed by atoms with Gasteiger partial charge in [0, 0.05) is 17.1 Å². The second-order valence-corrected chi connectivity index (χ2v) is 4.11. The lowest BCUT2D eigenvalue weighted by Gasteiger charge is -2.11. The van der Waals surface area contributed by atoms with Crippen molar-refractivity contribution >= 4 is 23.3 Å². The molecule has 0 amide bonds. The topological polar surface area (TPSA) is 35.0 Å². The van der Waals surface area contributed by atoms with Gasteiger partial charge in [0.25, 0.3) is 0 Å². The fourth-order valence-corrected chi connectivity index (χ4v) is 2.09. The molecule has 0 aliphatic heterocycles. The predicted molar refractivity (Wildman–Crippen MR) is 78.7 cm³/mol. The summed E-state index contributed by atoms with van der Waals surface area (Å²) in [6.45, 7) is 0. The van der Waals surface area contributed by atoms with Gasteiger partial charge in [-0.25, -0.2) is 14.4 Å². The van der Waals surface area contributed by atoms with E-state index in [4.69, 9.17) is 4.74 Å². The SMILES string of the molecule is COc1c(-c2ccc(F)cc2)ccc2cncnc12.Cl. The molecule has 3 rings (SSSR count). The van der Waals surface area contributed by atoms with Gasteiger partial charge in [0.15, 0.2) is 5.75 Å². The van der Waals surface area contributed by atoms with E-state index in [9.17, 15) is 4.39 Å². The van der Waals surface area contributed by atoms with Crippen LogP contribution in [0.5, 0.6) is 5.75 Å². The summed E-state index contributed by atoms with van der Waals surface area (Å²) in [6, 6.07) is 10.2. The van der Waals surface area contributed by atoms with Crippen LogP contribution < -0.4 is 4.74 Å². The average molecular weight is 291 g/mol. The molecule has 0 aliphatic rings. The van der Waals surface area contributed by atoms with Gasteiger partial charge >= 0.3 is 0 Å². The van der Waals surface area contributed by atoms with Crippen molar-refractivity contribution in [2.45, 2.75) is 0 Å². The monoisotopic (exact) mass is 290 g/mol. The summed E-state index contributed by atoms with van der Waals surface area (Å²) in [5, 5.41) is 0.908. The first-order chi connectivity index (χ1) is 9.29. The lowest BCUT2D eigenvalue weighted by Crippen LogP contribution is -1.92. The number of nitrogens with zero attached hydrogens (tertiary/aromatic N) is 2. The summed E-state index contributed by atoms with van der Waals surface area (Å²) in [6.07, 6.45) is 3.22. The van der Waals surface area contributed by atoms with E-state index in [2.05, 4.69) is 9.97 Å². The summed E-state index contributed by atoms with van der Waals surface area (Å²) in [5.74, 6) is 0.414. The van der Waals surface area contributed by atoms with Crippen molar-refractivity contribution in [1.29, 1.82) is 0 Å². The fraction of sp³-hybridized carbons (Fsp3) is 0.0667. The summed E-state index contributed by atoms with van der Waals surface area (Å²) < 4.78 is 18.4. The zero-order chi connectivity index (χ0) is 13.2. The summed E-state index contributed by atoms with van der Waals surface area (Å²) in [5.41, 5.74) is 2.52. The molecular weight excluding hydrogens is 279 g/mol. The van der Waals surface area contributed by atoms with Gasteiger partial charge < -0.3 is 4.74 Å². The Kier molecular flexibility index (Phi) is 4.15. The average Bonchev–Trinajstić information content (AvgIpc) is 2.47. The van der Waals surface area contributed by atoms with Crippen LogP contribution in [0.3, 0.4) is 0 Å². The van der Waals surface area contributed by atoms with Crippen LogP contribution in [0.1, 0.15) is 0 Å². The molecule has 0 saturated carbocycles. The summed E-state index contributed by atoms with van der Waals surface area (Å²) in [7, 11) is 1.60. The zero-order valence-electron chi connectivity index (χ0n) is 10.7. The van der Waals surface area contributed by atoms with Gasteiger partial charge in [0.05, 0.1) is 7.11 Å². The van der Waals surface area contributed by atoms with Gasteiger partial charge in [-0.15, -0.1) is 12.4 Å². The second kappa shape index (κ2) is 5.84. The molecule has 3 aromatic rings. The summed E-state index contributed by atoms with van der Waals surface area (Å²) >= 11 is 0. The number of fused-ring (bicyclic) bond motifs is 1. The van der Waals surface area contributed by atoms with Crippen LogP contribution in [0, 0.1) is 5.82 Å². The molecule has 0 aliphatic carbocycles. The molecule has 1 heterocycles. The van der Waals surface area contributed by atoms with Crippen molar-refractivity contribution < 1.29 is 9.13 Å². The first-order valence-electron chi connectivity index (χ1n) is 5.82. The van der Waals surface area contributed by atoms with Crippen LogP contribution in [0.15, 0.2) is 48.9 Å². The van der Waals surface area contributed by atoms with Crippen molar-refractivity contribution in [2.75, 3.05) is 7.11 Å². The van der Waals surface area contributed by atoms with Crippen LogP contribution in [0.25, 0.3) is 22.0 Å². The van der Waals surface area contributed by atoms with Crippen LogP contribution in [-0.2, 0) is 0 Å². The van der Waals surface area contributed by atoms with E-state index in [1.54, 1.807) is 25.4 Å². The Morgan fingerprint density at radius 3 is 2.50 bits per heavy atom. The maximum atomic E-state index is 13.0. The minimum atomic E-state index is -0.258. The van der Waals surface area contributed by atoms with Crippen LogP contribution in [-0.4, -0.2) is 17.1 Å². The number of rotatable bonds is 2. The number of aromatic nitrogens is 2. The molecular formula is C15H12ClFN2O. The largest absolute Gasteiger partial charge is 0.494 e. The van der Waals surface area contributed by atoms with Crippen LogP contribution in [0.2, 0.25) is 0 Å². The van der Waals surface area contributed by atoms with Gasteiger partial charge in [0.1, 0.15) is 17.7 Å². The molecule has 0 atom stereocenters. The first kappa shape index (κ1) is 14.2. The highest BCUT2D eigenvalue weighted by atomic mass is 35.5. The van der Waals surface area contributed by atoms with E-state index < -0.39 is 0 Å². The first-order valence-corrected chi connectivity index (χ1v) is 5.82. The minimum absolute atomic E-state index is 0. The van der Waals surface area contributed by atoms with E-state index in [1.165, 1.54) is 18.5 Å². The Labute approximate surface area is 121 Å². The molecule has 0 saturated heterocycles. The molecule has 0 fully saturated rings. The Hall–Kier alpha value is -2.20. The third-order valence-corrected chi connectivity index (χ3v) is 2.99. The van der Waals surface area contributed by atoms with Gasteiger partial charge in [-0.05, 0) is 23.8 Å². The van der Waals surface area contributed by atoms with Gasteiger partial charge in [0.2, 0.25) is 0 Å². The van der Waals surface area contributed by atoms with E-state index >= 15 is 0 Å². The minimum Gasteiger partial charge on any atom is -0.494 e.